The summed E-state index contributed by atoms with van der Waals surface area (Å²) in [6, 6.07) is 9.28. The number of methoxy groups -OCH3 is 1. The Morgan fingerprint density at radius 1 is 1.21 bits per heavy atom. The van der Waals surface area contributed by atoms with Gasteiger partial charge in [-0.2, -0.15) is 0 Å². The van der Waals surface area contributed by atoms with Crippen molar-refractivity contribution < 1.29 is 18.7 Å². The number of hydrogen-bond acceptors (Lipinski definition) is 5. The van der Waals surface area contributed by atoms with Crippen LogP contribution in [0.5, 0.6) is 0 Å². The van der Waals surface area contributed by atoms with Crippen LogP contribution < -0.4 is 5.32 Å². The molecule has 0 bridgehead atoms. The van der Waals surface area contributed by atoms with E-state index in [1.165, 1.54) is 37.6 Å². The summed E-state index contributed by atoms with van der Waals surface area (Å²) in [4.78, 5) is 28.2. The van der Waals surface area contributed by atoms with Gasteiger partial charge >= 0.3 is 5.97 Å². The highest BCUT2D eigenvalue weighted by Crippen LogP contribution is 2.18. The smallest absolute Gasteiger partial charge is 0.339 e. The second kappa shape index (κ2) is 9.02. The molecule has 5 nitrogen and oxygen atoms in total. The number of ether oxygens (including phenoxy) is 1. The third kappa shape index (κ3) is 5.34. The third-order valence-corrected chi connectivity index (χ3v) is 4.20. The Hall–Kier alpha value is -2.41. The molecule has 1 aromatic heterocycles. The summed E-state index contributed by atoms with van der Waals surface area (Å²) in [6.45, 7) is 0.507. The number of thioether (sulfide) groups is 1. The summed E-state index contributed by atoms with van der Waals surface area (Å²) in [5.41, 5.74) is 0.540. The summed E-state index contributed by atoms with van der Waals surface area (Å²) in [5, 5.41) is 2.77. The molecule has 1 aromatic carbocycles. The van der Waals surface area contributed by atoms with Crippen LogP contribution in [0, 0.1) is 5.82 Å². The van der Waals surface area contributed by atoms with Gasteiger partial charge in [-0.1, -0.05) is 0 Å². The second-order valence-corrected chi connectivity index (χ2v) is 6.00. The van der Waals surface area contributed by atoms with Gasteiger partial charge in [-0.05, 0) is 48.6 Å². The normalized spacial score (nSPS) is 10.2. The molecule has 2 aromatic rings. The van der Waals surface area contributed by atoms with Crippen LogP contribution in [0.4, 0.5) is 4.39 Å². The van der Waals surface area contributed by atoms with Crippen molar-refractivity contribution in [3.05, 3.63) is 59.7 Å². The Kier molecular flexibility index (Phi) is 6.74. The Bertz CT molecular complexity index is 690. The Morgan fingerprint density at radius 2 is 1.96 bits per heavy atom. The first kappa shape index (κ1) is 17.9. The number of carbonyl (C=O) groups excluding carboxylic acids is 2. The standard InChI is InChI=1S/C17H17FN2O3S/c1-23-17(22)12-3-8-15(20-11-12)16(21)19-9-2-10-24-14-6-4-13(18)5-7-14/h3-8,11H,2,9-10H2,1H3,(H,19,21). The van der Waals surface area contributed by atoms with Crippen LogP contribution in [0.2, 0.25) is 0 Å². The molecular weight excluding hydrogens is 331 g/mol. The molecule has 0 saturated heterocycles. The van der Waals surface area contributed by atoms with Crippen molar-refractivity contribution in [3.8, 4) is 0 Å². The maximum Gasteiger partial charge on any atom is 0.339 e. The second-order valence-electron chi connectivity index (χ2n) is 4.84. The molecular formula is C17H17FN2O3S. The number of benzene rings is 1. The van der Waals surface area contributed by atoms with E-state index < -0.39 is 5.97 Å². The monoisotopic (exact) mass is 348 g/mol. The van der Waals surface area contributed by atoms with Crippen molar-refractivity contribution in [1.82, 2.24) is 10.3 Å². The summed E-state index contributed by atoms with van der Waals surface area (Å²) < 4.78 is 17.3. The van der Waals surface area contributed by atoms with Crippen LogP contribution in [-0.4, -0.2) is 36.3 Å². The summed E-state index contributed by atoms with van der Waals surface area (Å²) in [6.07, 6.45) is 2.08. The van der Waals surface area contributed by atoms with Crippen LogP contribution in [-0.2, 0) is 4.74 Å². The van der Waals surface area contributed by atoms with Gasteiger partial charge in [0.05, 0.1) is 12.7 Å². The zero-order valence-electron chi connectivity index (χ0n) is 13.1. The average molecular weight is 348 g/mol. The Morgan fingerprint density at radius 3 is 2.58 bits per heavy atom. The van der Waals surface area contributed by atoms with E-state index in [9.17, 15) is 14.0 Å². The quantitative estimate of drug-likeness (QED) is 0.473. The summed E-state index contributed by atoms with van der Waals surface area (Å²) >= 11 is 1.60. The lowest BCUT2D eigenvalue weighted by Crippen LogP contribution is -2.25. The predicted octanol–water partition coefficient (Wildman–Crippen LogP) is 2.92. The van der Waals surface area contributed by atoms with Crippen molar-refractivity contribution in [1.29, 1.82) is 0 Å². The SMILES string of the molecule is COC(=O)c1ccc(C(=O)NCCCSc2ccc(F)cc2)nc1. The molecule has 0 atom stereocenters. The zero-order valence-corrected chi connectivity index (χ0v) is 13.9. The first-order chi connectivity index (χ1) is 11.6. The van der Waals surface area contributed by atoms with E-state index in [1.54, 1.807) is 23.9 Å². The number of carbonyl (C=O) groups is 2. The topological polar surface area (TPSA) is 68.3 Å². The van der Waals surface area contributed by atoms with E-state index in [0.29, 0.717) is 12.1 Å². The lowest BCUT2D eigenvalue weighted by molar-refractivity contribution is 0.0599. The van der Waals surface area contributed by atoms with Gasteiger partial charge in [0.15, 0.2) is 0 Å². The number of hydrogen-bond donors (Lipinski definition) is 1. The fourth-order valence-electron chi connectivity index (χ4n) is 1.85. The van der Waals surface area contributed by atoms with Crippen molar-refractivity contribution in [2.75, 3.05) is 19.4 Å². The maximum atomic E-state index is 12.8. The van der Waals surface area contributed by atoms with Gasteiger partial charge in [0.2, 0.25) is 0 Å². The number of aromatic nitrogens is 1. The largest absolute Gasteiger partial charge is 0.465 e. The van der Waals surface area contributed by atoms with Crippen LogP contribution in [0.25, 0.3) is 0 Å². The number of halogens is 1. The molecule has 0 unspecified atom stereocenters. The molecule has 0 saturated carbocycles. The van der Waals surface area contributed by atoms with Gasteiger partial charge in [0.25, 0.3) is 5.91 Å². The summed E-state index contributed by atoms with van der Waals surface area (Å²) in [5.74, 6) is -0.233. The number of pyridine rings is 1. The average Bonchev–Trinajstić information content (AvgIpc) is 2.62. The maximum absolute atomic E-state index is 12.8. The van der Waals surface area contributed by atoms with E-state index in [0.717, 1.165) is 17.1 Å². The van der Waals surface area contributed by atoms with E-state index in [-0.39, 0.29) is 17.4 Å². The first-order valence-corrected chi connectivity index (χ1v) is 8.29. The van der Waals surface area contributed by atoms with Gasteiger partial charge < -0.3 is 10.1 Å². The molecule has 7 heteroatoms. The number of nitrogens with one attached hydrogen (secondary N) is 1. The molecule has 0 aliphatic rings. The fourth-order valence-corrected chi connectivity index (χ4v) is 2.71. The highest BCUT2D eigenvalue weighted by Gasteiger charge is 2.09. The molecule has 126 valence electrons. The van der Waals surface area contributed by atoms with Crippen molar-refractivity contribution in [3.63, 3.8) is 0 Å². The molecule has 0 aliphatic heterocycles. The van der Waals surface area contributed by atoms with Crippen molar-refractivity contribution in [2.45, 2.75) is 11.3 Å². The number of rotatable bonds is 7. The fraction of sp³-hybridized carbons (Fsp3) is 0.235. The molecule has 24 heavy (non-hydrogen) atoms. The molecule has 0 aliphatic carbocycles. The lowest BCUT2D eigenvalue weighted by atomic mass is 10.2. The Balaban J connectivity index is 1.71. The molecule has 0 radical (unpaired) electrons. The van der Waals surface area contributed by atoms with E-state index in [1.807, 2.05) is 0 Å². The van der Waals surface area contributed by atoms with E-state index in [2.05, 4.69) is 15.0 Å². The molecule has 1 N–H and O–H groups in total. The van der Waals surface area contributed by atoms with Crippen molar-refractivity contribution in [2.24, 2.45) is 0 Å². The minimum Gasteiger partial charge on any atom is -0.465 e. The molecule has 1 heterocycles. The van der Waals surface area contributed by atoms with Gasteiger partial charge in [-0.25, -0.2) is 9.18 Å². The van der Waals surface area contributed by atoms with Gasteiger partial charge in [0.1, 0.15) is 11.5 Å². The number of nitrogens with zero attached hydrogens (tertiary/aromatic N) is 1. The van der Waals surface area contributed by atoms with E-state index in [4.69, 9.17) is 0 Å². The van der Waals surface area contributed by atoms with Crippen LogP contribution in [0.15, 0.2) is 47.5 Å². The van der Waals surface area contributed by atoms with Gasteiger partial charge in [-0.15, -0.1) is 11.8 Å². The lowest BCUT2D eigenvalue weighted by Gasteiger charge is -2.05. The Labute approximate surface area is 143 Å². The highest BCUT2D eigenvalue weighted by atomic mass is 32.2. The molecule has 2 rings (SSSR count). The highest BCUT2D eigenvalue weighted by molar-refractivity contribution is 7.99. The van der Waals surface area contributed by atoms with E-state index >= 15 is 0 Å². The molecule has 0 fully saturated rings. The van der Waals surface area contributed by atoms with Crippen LogP contribution in [0.3, 0.4) is 0 Å². The first-order valence-electron chi connectivity index (χ1n) is 7.31. The van der Waals surface area contributed by atoms with Crippen LogP contribution >= 0.6 is 11.8 Å². The minimum absolute atomic E-state index is 0.244. The summed E-state index contributed by atoms with van der Waals surface area (Å²) in [7, 11) is 1.28. The van der Waals surface area contributed by atoms with Gasteiger partial charge in [-0.3, -0.25) is 9.78 Å². The number of esters is 1. The third-order valence-electron chi connectivity index (χ3n) is 3.11. The predicted molar refractivity (Wildman–Crippen MR) is 89.7 cm³/mol. The van der Waals surface area contributed by atoms with Crippen LogP contribution in [0.1, 0.15) is 27.3 Å². The van der Waals surface area contributed by atoms with Gasteiger partial charge in [0, 0.05) is 17.6 Å². The molecule has 1 amide bonds. The van der Waals surface area contributed by atoms with Crippen molar-refractivity contribution >= 4 is 23.6 Å². The minimum atomic E-state index is -0.493. The zero-order chi connectivity index (χ0) is 17.4. The number of amides is 1. The molecule has 0 spiro atoms.